The maximum atomic E-state index is 8.92. The van der Waals surface area contributed by atoms with E-state index in [4.69, 9.17) is 15.3 Å². The van der Waals surface area contributed by atoms with Crippen molar-refractivity contribution in [1.82, 2.24) is 0 Å². The molecule has 9 heavy (non-hydrogen) atoms. The van der Waals surface area contributed by atoms with E-state index in [1.54, 1.807) is 0 Å². The van der Waals surface area contributed by atoms with Crippen molar-refractivity contribution in [3.05, 3.63) is 0 Å². The maximum absolute atomic E-state index is 8.92. The van der Waals surface area contributed by atoms with Gasteiger partial charge in [0.05, 0.1) is 13.2 Å². The molecule has 3 N–H and O–H groups in total. The first kappa shape index (κ1) is 6.95. The highest BCUT2D eigenvalue weighted by Gasteiger charge is 2.33. The third kappa shape index (κ3) is 1.21. The molecule has 0 bridgehead atoms. The van der Waals surface area contributed by atoms with E-state index in [0.29, 0.717) is 0 Å². The minimum absolute atomic E-state index is 0.141. The van der Waals surface area contributed by atoms with Gasteiger partial charge < -0.3 is 20.1 Å². The topological polar surface area (TPSA) is 69.9 Å². The van der Waals surface area contributed by atoms with Gasteiger partial charge in [0.1, 0.15) is 6.10 Å². The lowest BCUT2D eigenvalue weighted by Gasteiger charge is -2.09. The molecule has 4 nitrogen and oxygen atoms in total. The Hall–Kier alpha value is -0.160. The van der Waals surface area contributed by atoms with Gasteiger partial charge in [-0.3, -0.25) is 0 Å². The van der Waals surface area contributed by atoms with Crippen molar-refractivity contribution >= 4 is 0 Å². The van der Waals surface area contributed by atoms with E-state index in [0.717, 1.165) is 0 Å². The fourth-order valence-corrected chi connectivity index (χ4v) is 0.813. The first-order valence-corrected chi connectivity index (χ1v) is 2.84. The summed E-state index contributed by atoms with van der Waals surface area (Å²) in [5.41, 5.74) is 0. The van der Waals surface area contributed by atoms with Gasteiger partial charge in [-0.25, -0.2) is 0 Å². The third-order valence-electron chi connectivity index (χ3n) is 1.49. The van der Waals surface area contributed by atoms with E-state index in [2.05, 4.69) is 4.74 Å². The monoisotopic (exact) mass is 134 g/mol. The van der Waals surface area contributed by atoms with E-state index in [-0.39, 0.29) is 19.1 Å². The van der Waals surface area contributed by atoms with E-state index in [1.807, 2.05) is 0 Å². The number of aliphatic hydroxyl groups excluding tert-OH is 3. The average Bonchev–Trinajstić information content (AvgIpc) is 2.15. The highest BCUT2D eigenvalue weighted by atomic mass is 16.6. The Labute approximate surface area is 52.7 Å². The molecular formula is C5H10O4. The van der Waals surface area contributed by atoms with Gasteiger partial charge in [0.2, 0.25) is 0 Å². The summed E-state index contributed by atoms with van der Waals surface area (Å²) in [4.78, 5) is 0. The van der Waals surface area contributed by atoms with Crippen molar-refractivity contribution in [2.75, 3.05) is 13.2 Å². The summed E-state index contributed by atoms with van der Waals surface area (Å²) in [7, 11) is 0. The zero-order valence-electron chi connectivity index (χ0n) is 4.90. The second kappa shape index (κ2) is 2.62. The number of hydrogen-bond donors (Lipinski definition) is 3. The third-order valence-corrected chi connectivity index (χ3v) is 1.49. The molecule has 0 aromatic rings. The fraction of sp³-hybridized carbons (Fsp3) is 1.00. The number of aliphatic hydroxyl groups is 3. The van der Waals surface area contributed by atoms with Gasteiger partial charge >= 0.3 is 0 Å². The molecule has 0 saturated carbocycles. The molecule has 0 radical (unpaired) electrons. The second-order valence-electron chi connectivity index (χ2n) is 2.16. The molecular weight excluding hydrogens is 124 g/mol. The van der Waals surface area contributed by atoms with Crippen molar-refractivity contribution in [2.24, 2.45) is 5.92 Å². The smallest absolute Gasteiger partial charge is 0.181 e. The molecule has 1 aliphatic rings. The van der Waals surface area contributed by atoms with Crippen LogP contribution in [-0.2, 0) is 4.74 Å². The number of hydrogen-bond acceptors (Lipinski definition) is 4. The predicted octanol–water partition coefficient (Wildman–Crippen LogP) is -1.70. The summed E-state index contributed by atoms with van der Waals surface area (Å²) < 4.78 is 4.61. The van der Waals surface area contributed by atoms with Crippen LogP contribution < -0.4 is 0 Å². The molecule has 0 amide bonds. The Morgan fingerprint density at radius 1 is 1.44 bits per heavy atom. The largest absolute Gasteiger partial charge is 0.396 e. The molecule has 0 unspecified atom stereocenters. The minimum Gasteiger partial charge on any atom is -0.396 e. The fourth-order valence-electron chi connectivity index (χ4n) is 0.813. The molecule has 3 atom stereocenters. The van der Waals surface area contributed by atoms with Crippen LogP contribution in [0.4, 0.5) is 0 Å². The van der Waals surface area contributed by atoms with Crippen molar-refractivity contribution in [2.45, 2.75) is 12.4 Å². The molecule has 0 aromatic carbocycles. The van der Waals surface area contributed by atoms with Crippen molar-refractivity contribution < 1.29 is 20.1 Å². The summed E-state index contributed by atoms with van der Waals surface area (Å²) in [6, 6.07) is 0. The van der Waals surface area contributed by atoms with Crippen LogP contribution in [0.25, 0.3) is 0 Å². The second-order valence-corrected chi connectivity index (χ2v) is 2.16. The lowest BCUT2D eigenvalue weighted by Crippen LogP contribution is -2.27. The Bertz CT molecular complexity index is 95.0. The van der Waals surface area contributed by atoms with Crippen molar-refractivity contribution in [3.63, 3.8) is 0 Å². The number of ether oxygens (including phenoxy) is 1. The summed E-state index contributed by atoms with van der Waals surface area (Å²) in [6.45, 7) is 0.0943. The van der Waals surface area contributed by atoms with E-state index >= 15 is 0 Å². The van der Waals surface area contributed by atoms with Crippen LogP contribution in [0.15, 0.2) is 0 Å². The van der Waals surface area contributed by atoms with E-state index in [9.17, 15) is 0 Å². The summed E-state index contributed by atoms with van der Waals surface area (Å²) in [6.07, 6.45) is -2.03. The molecule has 0 aromatic heterocycles. The van der Waals surface area contributed by atoms with Gasteiger partial charge in [-0.2, -0.15) is 0 Å². The van der Waals surface area contributed by atoms with Gasteiger partial charge in [0.25, 0.3) is 0 Å². The van der Waals surface area contributed by atoms with E-state index < -0.39 is 12.4 Å². The summed E-state index contributed by atoms with van der Waals surface area (Å²) in [5, 5.41) is 26.1. The Morgan fingerprint density at radius 3 is 2.33 bits per heavy atom. The molecule has 0 aliphatic carbocycles. The Balaban J connectivity index is 2.41. The summed E-state index contributed by atoms with van der Waals surface area (Å²) >= 11 is 0. The van der Waals surface area contributed by atoms with Crippen LogP contribution >= 0.6 is 0 Å². The van der Waals surface area contributed by atoms with E-state index in [1.165, 1.54) is 0 Å². The quantitative estimate of drug-likeness (QED) is 0.400. The normalized spacial score (nSPS) is 43.7. The van der Waals surface area contributed by atoms with Crippen LogP contribution in [0.3, 0.4) is 0 Å². The first-order valence-electron chi connectivity index (χ1n) is 2.84. The lowest BCUT2D eigenvalue weighted by atomic mass is 10.1. The molecule has 4 heteroatoms. The average molecular weight is 134 g/mol. The molecule has 1 heterocycles. The van der Waals surface area contributed by atoms with Gasteiger partial charge in [-0.1, -0.05) is 0 Å². The van der Waals surface area contributed by atoms with Crippen LogP contribution in [0, 0.1) is 5.92 Å². The zero-order chi connectivity index (χ0) is 6.85. The van der Waals surface area contributed by atoms with Crippen LogP contribution in [0.2, 0.25) is 0 Å². The zero-order valence-corrected chi connectivity index (χ0v) is 4.90. The van der Waals surface area contributed by atoms with Gasteiger partial charge in [0.15, 0.2) is 6.29 Å². The lowest BCUT2D eigenvalue weighted by molar-refractivity contribution is -0.110. The molecule has 0 spiro atoms. The molecule has 1 rings (SSSR count). The van der Waals surface area contributed by atoms with Gasteiger partial charge in [-0.15, -0.1) is 0 Å². The van der Waals surface area contributed by atoms with Crippen LogP contribution in [0.1, 0.15) is 0 Å². The molecule has 1 fully saturated rings. The maximum Gasteiger partial charge on any atom is 0.181 e. The standard InChI is InChI=1S/C5H10O4/c6-1-3-2-9-5(8)4(3)7/h3-8H,1-2H2/t3-,4-,5+/m1/s1. The molecule has 54 valence electrons. The van der Waals surface area contributed by atoms with Crippen LogP contribution in [-0.4, -0.2) is 40.9 Å². The minimum atomic E-state index is -1.11. The first-order chi connectivity index (χ1) is 4.25. The predicted molar refractivity (Wildman–Crippen MR) is 28.5 cm³/mol. The number of rotatable bonds is 1. The Morgan fingerprint density at radius 2 is 2.11 bits per heavy atom. The van der Waals surface area contributed by atoms with Crippen molar-refractivity contribution in [1.29, 1.82) is 0 Å². The van der Waals surface area contributed by atoms with Crippen molar-refractivity contribution in [3.8, 4) is 0 Å². The van der Waals surface area contributed by atoms with Gasteiger partial charge in [0, 0.05) is 5.92 Å². The molecule has 1 aliphatic heterocycles. The Kier molecular flexibility index (Phi) is 2.02. The molecule has 1 saturated heterocycles. The highest BCUT2D eigenvalue weighted by Crippen LogP contribution is 2.17. The van der Waals surface area contributed by atoms with Gasteiger partial charge in [-0.05, 0) is 0 Å². The van der Waals surface area contributed by atoms with Crippen LogP contribution in [0.5, 0.6) is 0 Å². The summed E-state index contributed by atoms with van der Waals surface area (Å²) in [5.74, 6) is -0.319. The SMILES string of the molecule is OC[C@@H]1CO[C@H](O)[C@@H]1O. The highest BCUT2D eigenvalue weighted by molar-refractivity contribution is 4.75.